The van der Waals surface area contributed by atoms with E-state index in [4.69, 9.17) is 15.0 Å². The second-order valence-corrected chi connectivity index (χ2v) is 6.37. The van der Waals surface area contributed by atoms with E-state index in [0.29, 0.717) is 24.2 Å². The lowest BCUT2D eigenvalue weighted by molar-refractivity contribution is -0.119. The van der Waals surface area contributed by atoms with Crippen molar-refractivity contribution in [3.63, 3.8) is 0 Å². The maximum absolute atomic E-state index is 10.7. The molecule has 0 radical (unpaired) electrons. The SMILES string of the molecule is CN=C(NCCc1ccc(OCC(N)=O)cc1)NCc1cc(C(C)C)no1. The maximum Gasteiger partial charge on any atom is 0.255 e. The molecule has 1 aromatic heterocycles. The first-order valence-electron chi connectivity index (χ1n) is 8.88. The summed E-state index contributed by atoms with van der Waals surface area (Å²) in [4.78, 5) is 14.9. The molecule has 0 saturated heterocycles. The van der Waals surface area contributed by atoms with E-state index in [1.54, 1.807) is 7.05 Å². The minimum Gasteiger partial charge on any atom is -0.484 e. The van der Waals surface area contributed by atoms with E-state index in [1.807, 2.05) is 30.3 Å². The van der Waals surface area contributed by atoms with Crippen LogP contribution in [0.1, 0.15) is 36.8 Å². The molecule has 0 spiro atoms. The number of hydrogen-bond acceptors (Lipinski definition) is 5. The molecule has 2 aromatic rings. The van der Waals surface area contributed by atoms with E-state index in [2.05, 4.69) is 34.6 Å². The molecule has 1 amide bonds. The van der Waals surface area contributed by atoms with Gasteiger partial charge in [0.2, 0.25) is 0 Å². The first-order chi connectivity index (χ1) is 13.0. The molecular formula is C19H27N5O3. The Morgan fingerprint density at radius 3 is 2.63 bits per heavy atom. The summed E-state index contributed by atoms with van der Waals surface area (Å²) < 4.78 is 10.5. The van der Waals surface area contributed by atoms with Crippen molar-refractivity contribution in [3.8, 4) is 5.75 Å². The molecule has 1 heterocycles. The molecule has 27 heavy (non-hydrogen) atoms. The molecule has 0 unspecified atom stereocenters. The van der Waals surface area contributed by atoms with Crippen molar-refractivity contribution in [1.82, 2.24) is 15.8 Å². The topological polar surface area (TPSA) is 115 Å². The van der Waals surface area contributed by atoms with E-state index in [0.717, 1.165) is 30.0 Å². The van der Waals surface area contributed by atoms with Crippen LogP contribution in [-0.2, 0) is 17.8 Å². The summed E-state index contributed by atoms with van der Waals surface area (Å²) in [5.74, 6) is 1.93. The van der Waals surface area contributed by atoms with Gasteiger partial charge in [0.25, 0.3) is 5.91 Å². The van der Waals surface area contributed by atoms with Gasteiger partial charge in [-0.3, -0.25) is 9.79 Å². The standard InChI is InChI=1S/C19H27N5O3/c1-13(2)17-10-16(27-24-17)11-23-19(21-3)22-9-8-14-4-6-15(7-5-14)26-12-18(20)25/h4-7,10,13H,8-9,11-12H2,1-3H3,(H2,20,25)(H2,21,22,23). The molecule has 0 bridgehead atoms. The fourth-order valence-electron chi connectivity index (χ4n) is 2.31. The Morgan fingerprint density at radius 2 is 2.04 bits per heavy atom. The average Bonchev–Trinajstić information content (AvgIpc) is 3.13. The Balaban J connectivity index is 1.73. The smallest absolute Gasteiger partial charge is 0.255 e. The first kappa shape index (κ1) is 20.3. The molecule has 0 aliphatic carbocycles. The van der Waals surface area contributed by atoms with E-state index in [9.17, 15) is 4.79 Å². The number of nitrogens with zero attached hydrogens (tertiary/aromatic N) is 2. The van der Waals surface area contributed by atoms with Crippen LogP contribution in [0.3, 0.4) is 0 Å². The Hall–Kier alpha value is -3.03. The second kappa shape index (κ2) is 10.2. The van der Waals surface area contributed by atoms with E-state index in [-0.39, 0.29) is 6.61 Å². The normalized spacial score (nSPS) is 11.5. The predicted octanol–water partition coefficient (Wildman–Crippen LogP) is 1.57. The molecule has 8 nitrogen and oxygen atoms in total. The molecule has 4 N–H and O–H groups in total. The van der Waals surface area contributed by atoms with Gasteiger partial charge >= 0.3 is 0 Å². The first-order valence-corrected chi connectivity index (χ1v) is 8.88. The van der Waals surface area contributed by atoms with Gasteiger partial charge in [0.05, 0.1) is 12.2 Å². The number of aliphatic imine (C=N–C) groups is 1. The van der Waals surface area contributed by atoms with E-state index >= 15 is 0 Å². The summed E-state index contributed by atoms with van der Waals surface area (Å²) in [6.07, 6.45) is 0.816. The second-order valence-electron chi connectivity index (χ2n) is 6.37. The zero-order chi connectivity index (χ0) is 19.6. The fraction of sp³-hybridized carbons (Fsp3) is 0.421. The van der Waals surface area contributed by atoms with E-state index < -0.39 is 5.91 Å². The summed E-state index contributed by atoms with van der Waals surface area (Å²) in [6, 6.07) is 9.50. The maximum atomic E-state index is 10.7. The number of nitrogens with one attached hydrogen (secondary N) is 2. The fourth-order valence-corrected chi connectivity index (χ4v) is 2.31. The molecule has 1 aromatic carbocycles. The van der Waals surface area contributed by atoms with Crippen LogP contribution in [0.25, 0.3) is 0 Å². The molecule has 0 fully saturated rings. The number of hydrogen-bond donors (Lipinski definition) is 3. The molecule has 0 saturated carbocycles. The van der Waals surface area contributed by atoms with Gasteiger partial charge in [-0.2, -0.15) is 0 Å². The number of primary amides is 1. The third-order valence-corrected chi connectivity index (χ3v) is 3.83. The summed E-state index contributed by atoms with van der Waals surface area (Å²) in [6.45, 7) is 5.27. The van der Waals surface area contributed by atoms with Gasteiger partial charge < -0.3 is 25.6 Å². The van der Waals surface area contributed by atoms with Crippen LogP contribution in [0, 0.1) is 0 Å². The number of aromatic nitrogens is 1. The lowest BCUT2D eigenvalue weighted by Crippen LogP contribution is -2.37. The average molecular weight is 373 g/mol. The monoisotopic (exact) mass is 373 g/mol. The van der Waals surface area contributed by atoms with Crippen molar-refractivity contribution in [2.75, 3.05) is 20.2 Å². The van der Waals surface area contributed by atoms with Gasteiger partial charge in [-0.25, -0.2) is 0 Å². The highest BCUT2D eigenvalue weighted by Crippen LogP contribution is 2.14. The molecule has 2 rings (SSSR count). The highest BCUT2D eigenvalue weighted by atomic mass is 16.5. The van der Waals surface area contributed by atoms with Crippen LogP contribution < -0.4 is 21.1 Å². The van der Waals surface area contributed by atoms with Gasteiger partial charge in [-0.15, -0.1) is 0 Å². The van der Waals surface area contributed by atoms with Crippen LogP contribution in [0.4, 0.5) is 0 Å². The van der Waals surface area contributed by atoms with Gasteiger partial charge in [0.15, 0.2) is 18.3 Å². The summed E-state index contributed by atoms with van der Waals surface area (Å²) in [5, 5.41) is 10.5. The Kier molecular flexibility index (Phi) is 7.66. The van der Waals surface area contributed by atoms with Gasteiger partial charge in [-0.05, 0) is 30.0 Å². The summed E-state index contributed by atoms with van der Waals surface area (Å²) in [5.41, 5.74) is 7.14. The van der Waals surface area contributed by atoms with Crippen LogP contribution >= 0.6 is 0 Å². The van der Waals surface area contributed by atoms with Crippen molar-refractivity contribution in [2.45, 2.75) is 32.7 Å². The quantitative estimate of drug-likeness (QED) is 0.454. The zero-order valence-electron chi connectivity index (χ0n) is 16.0. The number of carbonyl (C=O) groups is 1. The highest BCUT2D eigenvalue weighted by Gasteiger charge is 2.08. The number of benzene rings is 1. The van der Waals surface area contributed by atoms with Crippen molar-refractivity contribution < 1.29 is 14.1 Å². The van der Waals surface area contributed by atoms with Crippen molar-refractivity contribution in [3.05, 3.63) is 47.3 Å². The summed E-state index contributed by atoms with van der Waals surface area (Å²) >= 11 is 0. The van der Waals surface area contributed by atoms with E-state index in [1.165, 1.54) is 0 Å². The molecule has 146 valence electrons. The molecule has 0 aliphatic rings. The Labute approximate surface area is 159 Å². The number of ether oxygens (including phenoxy) is 1. The van der Waals surface area contributed by atoms with Gasteiger partial charge in [0.1, 0.15) is 5.75 Å². The largest absolute Gasteiger partial charge is 0.484 e. The third-order valence-electron chi connectivity index (χ3n) is 3.83. The zero-order valence-corrected chi connectivity index (χ0v) is 16.0. The van der Waals surface area contributed by atoms with Crippen LogP contribution in [0.15, 0.2) is 39.8 Å². The lowest BCUT2D eigenvalue weighted by atomic mass is 10.1. The predicted molar refractivity (Wildman–Crippen MR) is 104 cm³/mol. The van der Waals surface area contributed by atoms with Crippen molar-refractivity contribution in [1.29, 1.82) is 0 Å². The number of nitrogens with two attached hydrogens (primary N) is 1. The minimum absolute atomic E-state index is 0.118. The molecule has 8 heteroatoms. The van der Waals surface area contributed by atoms with Gasteiger partial charge in [-0.1, -0.05) is 31.1 Å². The van der Waals surface area contributed by atoms with Crippen molar-refractivity contribution >= 4 is 11.9 Å². The molecule has 0 aliphatic heterocycles. The summed E-state index contributed by atoms with van der Waals surface area (Å²) in [7, 11) is 1.72. The van der Waals surface area contributed by atoms with Crippen molar-refractivity contribution in [2.24, 2.45) is 10.7 Å². The van der Waals surface area contributed by atoms with Crippen LogP contribution in [0.2, 0.25) is 0 Å². The highest BCUT2D eigenvalue weighted by molar-refractivity contribution is 5.79. The molecular weight excluding hydrogens is 346 g/mol. The number of carbonyl (C=O) groups excluding carboxylic acids is 1. The van der Waals surface area contributed by atoms with Crippen LogP contribution in [0.5, 0.6) is 5.75 Å². The number of rotatable bonds is 9. The minimum atomic E-state index is -0.493. The van der Waals surface area contributed by atoms with Gasteiger partial charge in [0, 0.05) is 19.7 Å². The number of guanidine groups is 1. The van der Waals surface area contributed by atoms with Crippen LogP contribution in [-0.4, -0.2) is 37.2 Å². The Bertz CT molecular complexity index is 753. The lowest BCUT2D eigenvalue weighted by Gasteiger charge is -2.11. The third kappa shape index (κ3) is 7.01. The molecule has 0 atom stereocenters. The number of amides is 1. The Morgan fingerprint density at radius 1 is 1.30 bits per heavy atom.